The molecule has 7 heteroatoms. The van der Waals surface area contributed by atoms with Gasteiger partial charge in [-0.05, 0) is 22.4 Å². The van der Waals surface area contributed by atoms with Gasteiger partial charge in [0, 0.05) is 6.18 Å². The van der Waals surface area contributed by atoms with Crippen molar-refractivity contribution in [1.82, 2.24) is 0 Å². The van der Waals surface area contributed by atoms with E-state index in [1.54, 1.807) is 0 Å². The third-order valence-corrected chi connectivity index (χ3v) is 6.63. The summed E-state index contributed by atoms with van der Waals surface area (Å²) in [5, 5.41) is 0. The Morgan fingerprint density at radius 3 is 2.00 bits per heavy atom. The minimum atomic E-state index is -1.99. The number of hydrogen-bond donors (Lipinski definition) is 1. The molecule has 0 aromatic carbocycles. The van der Waals surface area contributed by atoms with Crippen LogP contribution in [0.3, 0.4) is 0 Å². The molecule has 0 aromatic rings. The van der Waals surface area contributed by atoms with Crippen LogP contribution >= 0.6 is 32.3 Å². The molecule has 0 fully saturated rings. The number of thiol groups is 1. The molecule has 0 heterocycles. The summed E-state index contributed by atoms with van der Waals surface area (Å²) in [6.45, 7) is 0. The van der Waals surface area contributed by atoms with Crippen LogP contribution in [-0.2, 0) is 33.1 Å². The van der Waals surface area contributed by atoms with Gasteiger partial charge in [0.2, 0.25) is 8.46 Å². The SMILES string of the molecule is O=PC(=S)S(=S)(=S)S. The molecule has 0 radical (unpaired) electrons. The molecule has 0 atom stereocenters. The fourth-order valence-corrected chi connectivity index (χ4v) is 1.27. The van der Waals surface area contributed by atoms with Gasteiger partial charge in [0.15, 0.2) is 3.94 Å². The van der Waals surface area contributed by atoms with Gasteiger partial charge in [-0.25, -0.2) is 0 Å². The first-order valence-electron chi connectivity index (χ1n) is 1.33. The topological polar surface area (TPSA) is 17.1 Å². The van der Waals surface area contributed by atoms with E-state index in [0.29, 0.717) is 0 Å². The Balaban J connectivity index is 4.53. The van der Waals surface area contributed by atoms with Crippen LogP contribution in [0.4, 0.5) is 0 Å². The van der Waals surface area contributed by atoms with Crippen molar-refractivity contribution >= 4 is 64.8 Å². The molecule has 8 heavy (non-hydrogen) atoms. The van der Waals surface area contributed by atoms with E-state index in [1.807, 2.05) is 0 Å². The van der Waals surface area contributed by atoms with Crippen molar-refractivity contribution in [1.29, 1.82) is 0 Å². The van der Waals surface area contributed by atoms with E-state index in [4.69, 9.17) is 0 Å². The Bertz CT molecular complexity index is 200. The Kier molecular flexibility index (Phi) is 4.07. The molecule has 0 unspecified atom stereocenters. The monoisotopic (exact) mass is 220 g/mol. The van der Waals surface area contributed by atoms with Gasteiger partial charge < -0.3 is 0 Å². The molecule has 0 rings (SSSR count). The lowest BCUT2D eigenvalue weighted by Crippen LogP contribution is -1.90. The summed E-state index contributed by atoms with van der Waals surface area (Å²) >= 11 is 17.6. The van der Waals surface area contributed by atoms with Crippen LogP contribution in [0, 0.1) is 0 Å². The normalized spacial score (nSPS) is 11.6. The summed E-state index contributed by atoms with van der Waals surface area (Å²) < 4.78 is 10.1. The van der Waals surface area contributed by atoms with Crippen LogP contribution in [0.15, 0.2) is 0 Å². The van der Waals surface area contributed by atoms with Gasteiger partial charge in [-0.15, -0.1) is 0 Å². The van der Waals surface area contributed by atoms with E-state index in [-0.39, 0.29) is 12.4 Å². The standard InChI is InChI=1S/CHOPS5/c2-3-1(4)8(5,6)7/h(H,5,6,7). The van der Waals surface area contributed by atoms with Crippen LogP contribution in [0.25, 0.3) is 0 Å². The second kappa shape index (κ2) is 3.49. The smallest absolute Gasteiger partial charge is 0.212 e. The van der Waals surface area contributed by atoms with Crippen LogP contribution < -0.4 is 0 Å². The van der Waals surface area contributed by atoms with Crippen molar-refractivity contribution in [3.63, 3.8) is 0 Å². The van der Waals surface area contributed by atoms with Crippen molar-refractivity contribution in [2.75, 3.05) is 0 Å². The van der Waals surface area contributed by atoms with Crippen molar-refractivity contribution < 1.29 is 4.57 Å². The van der Waals surface area contributed by atoms with Gasteiger partial charge in [-0.2, -0.15) is 0 Å². The summed E-state index contributed by atoms with van der Waals surface area (Å²) in [5.74, 6) is 0. The van der Waals surface area contributed by atoms with Gasteiger partial charge in [-0.3, -0.25) is 4.57 Å². The molecule has 0 bridgehead atoms. The lowest BCUT2D eigenvalue weighted by Gasteiger charge is -1.90. The zero-order valence-electron chi connectivity index (χ0n) is 3.44. The maximum absolute atomic E-state index is 9.95. The van der Waals surface area contributed by atoms with E-state index in [2.05, 4.69) is 46.3 Å². The number of hydrogen-bond acceptors (Lipinski definition) is 4. The average Bonchev–Trinajstić information content (AvgIpc) is 1.62. The van der Waals surface area contributed by atoms with E-state index in [1.165, 1.54) is 0 Å². The molecule has 1 nitrogen and oxygen atoms in total. The molecule has 0 aliphatic rings. The Hall–Kier alpha value is 1.33. The highest BCUT2D eigenvalue weighted by molar-refractivity contribution is 9.00. The minimum absolute atomic E-state index is 0.158. The maximum atomic E-state index is 9.95. The van der Waals surface area contributed by atoms with Gasteiger partial charge in [0.05, 0.1) is 0 Å². The van der Waals surface area contributed by atoms with Gasteiger partial charge in [0.1, 0.15) is 0 Å². The molecule has 0 spiro atoms. The van der Waals surface area contributed by atoms with Crippen LogP contribution in [-0.4, -0.2) is 3.94 Å². The molecule has 46 valence electrons. The predicted octanol–water partition coefficient (Wildman–Crippen LogP) is 1.49. The van der Waals surface area contributed by atoms with Crippen LogP contribution in [0.5, 0.6) is 0 Å². The van der Waals surface area contributed by atoms with Crippen molar-refractivity contribution in [3.8, 4) is 0 Å². The second-order valence-electron chi connectivity index (χ2n) is 0.832. The fourth-order valence-electron chi connectivity index (χ4n) is 0.0471. The average molecular weight is 220 g/mol. The highest BCUT2D eigenvalue weighted by Gasteiger charge is 2.01. The minimum Gasteiger partial charge on any atom is -0.268 e. The van der Waals surface area contributed by atoms with Gasteiger partial charge in [-0.1, -0.05) is 23.9 Å². The summed E-state index contributed by atoms with van der Waals surface area (Å²) in [5.41, 5.74) is 0. The Morgan fingerprint density at radius 1 is 1.62 bits per heavy atom. The lowest BCUT2D eigenvalue weighted by atomic mass is 11.9. The largest absolute Gasteiger partial charge is 0.268 e. The first-order valence-corrected chi connectivity index (χ1v) is 7.09. The Morgan fingerprint density at radius 2 is 2.00 bits per heavy atom. The first-order chi connectivity index (χ1) is 3.48. The molecular weight excluding hydrogens is 219 g/mol. The fraction of sp³-hybridized carbons (Fsp3) is 0. The zero-order valence-corrected chi connectivity index (χ0v) is 8.49. The van der Waals surface area contributed by atoms with E-state index in [9.17, 15) is 4.57 Å². The molecule has 0 aliphatic heterocycles. The third-order valence-electron chi connectivity index (χ3n) is 0.295. The van der Waals surface area contributed by atoms with Gasteiger partial charge >= 0.3 is 0 Å². The highest BCUT2D eigenvalue weighted by atomic mass is 33.5. The summed E-state index contributed by atoms with van der Waals surface area (Å²) in [6, 6.07) is 0. The summed E-state index contributed by atoms with van der Waals surface area (Å²) in [4.78, 5) is 0. The maximum Gasteiger partial charge on any atom is 0.212 e. The van der Waals surface area contributed by atoms with E-state index < -0.39 is 6.18 Å². The molecule has 0 saturated carbocycles. The second-order valence-corrected chi connectivity index (χ2v) is 10.9. The first kappa shape index (κ1) is 9.33. The van der Waals surface area contributed by atoms with Gasteiger partial charge in [0.25, 0.3) is 0 Å². The highest BCUT2D eigenvalue weighted by Crippen LogP contribution is 2.11. The molecular formula is CHOPS5. The molecule has 0 saturated heterocycles. The Labute approximate surface area is 69.1 Å². The lowest BCUT2D eigenvalue weighted by molar-refractivity contribution is 0.604. The van der Waals surface area contributed by atoms with Crippen LogP contribution in [0.2, 0.25) is 0 Å². The summed E-state index contributed by atoms with van der Waals surface area (Å²) in [7, 11) is -0.259. The predicted molar refractivity (Wildman–Crippen MR) is 51.3 cm³/mol. The van der Waals surface area contributed by atoms with E-state index in [0.717, 1.165) is 0 Å². The number of thiocarbonyl (C=S) groups is 1. The van der Waals surface area contributed by atoms with E-state index >= 15 is 0 Å². The number of rotatable bonds is 1. The summed E-state index contributed by atoms with van der Waals surface area (Å²) in [6.07, 6.45) is -1.99. The van der Waals surface area contributed by atoms with Crippen molar-refractivity contribution in [2.45, 2.75) is 0 Å². The van der Waals surface area contributed by atoms with Crippen LogP contribution in [0.1, 0.15) is 0 Å². The van der Waals surface area contributed by atoms with Crippen molar-refractivity contribution in [2.24, 2.45) is 0 Å². The molecule has 0 aromatic heterocycles. The molecule has 0 amide bonds. The quantitative estimate of drug-likeness (QED) is 0.312. The van der Waals surface area contributed by atoms with Crippen molar-refractivity contribution in [3.05, 3.63) is 0 Å². The zero-order chi connectivity index (χ0) is 6.78. The molecule has 0 N–H and O–H groups in total. The molecule has 0 aliphatic carbocycles. The third kappa shape index (κ3) is 3.37.